The number of aromatic nitrogens is 3. The average Bonchev–Trinajstić information content (AvgIpc) is 3.22. The third kappa shape index (κ3) is 4.35. The summed E-state index contributed by atoms with van der Waals surface area (Å²) in [5.41, 5.74) is 4.27. The molecule has 0 aliphatic rings. The highest BCUT2D eigenvalue weighted by atomic mass is 16.5. The SMILES string of the molecule is O=C(NCCc1ccc(OCc2ccccc2)cc1)c1ccc2n[nH]nc2c1. The molecule has 4 aromatic rings. The van der Waals surface area contributed by atoms with Crippen LogP contribution in [0.4, 0.5) is 0 Å². The number of carbonyl (C=O) groups is 1. The lowest BCUT2D eigenvalue weighted by molar-refractivity contribution is 0.0954. The molecule has 0 unspecified atom stereocenters. The maximum Gasteiger partial charge on any atom is 0.251 e. The van der Waals surface area contributed by atoms with Gasteiger partial charge in [-0.05, 0) is 47.9 Å². The van der Waals surface area contributed by atoms with Gasteiger partial charge >= 0.3 is 0 Å². The third-order valence-electron chi connectivity index (χ3n) is 4.45. The van der Waals surface area contributed by atoms with E-state index >= 15 is 0 Å². The Morgan fingerprint density at radius 3 is 2.50 bits per heavy atom. The van der Waals surface area contributed by atoms with Crippen LogP contribution in [0.2, 0.25) is 0 Å². The summed E-state index contributed by atoms with van der Waals surface area (Å²) < 4.78 is 5.79. The zero-order valence-corrected chi connectivity index (χ0v) is 15.3. The molecule has 140 valence electrons. The first-order valence-corrected chi connectivity index (χ1v) is 9.12. The number of nitrogens with one attached hydrogen (secondary N) is 2. The summed E-state index contributed by atoms with van der Waals surface area (Å²) in [7, 11) is 0. The summed E-state index contributed by atoms with van der Waals surface area (Å²) >= 11 is 0. The van der Waals surface area contributed by atoms with Crippen molar-refractivity contribution in [2.45, 2.75) is 13.0 Å². The maximum atomic E-state index is 12.3. The van der Waals surface area contributed by atoms with Crippen LogP contribution in [0.3, 0.4) is 0 Å². The lowest BCUT2D eigenvalue weighted by Gasteiger charge is -2.08. The van der Waals surface area contributed by atoms with Gasteiger partial charge in [-0.15, -0.1) is 0 Å². The summed E-state index contributed by atoms with van der Waals surface area (Å²) in [4.78, 5) is 12.3. The minimum atomic E-state index is -0.118. The van der Waals surface area contributed by atoms with Gasteiger partial charge in [0.15, 0.2) is 0 Å². The van der Waals surface area contributed by atoms with Crippen LogP contribution in [0, 0.1) is 0 Å². The van der Waals surface area contributed by atoms with Crippen LogP contribution in [0.25, 0.3) is 11.0 Å². The Bertz CT molecular complexity index is 1060. The Labute approximate surface area is 162 Å². The number of rotatable bonds is 7. The first-order chi connectivity index (χ1) is 13.8. The highest BCUT2D eigenvalue weighted by molar-refractivity contribution is 5.97. The van der Waals surface area contributed by atoms with E-state index in [1.165, 1.54) is 0 Å². The number of hydrogen-bond acceptors (Lipinski definition) is 4. The maximum absolute atomic E-state index is 12.3. The number of carbonyl (C=O) groups excluding carboxylic acids is 1. The lowest BCUT2D eigenvalue weighted by Crippen LogP contribution is -2.25. The molecule has 0 aliphatic carbocycles. The minimum absolute atomic E-state index is 0.118. The van der Waals surface area contributed by atoms with Crippen molar-refractivity contribution < 1.29 is 9.53 Å². The van der Waals surface area contributed by atoms with E-state index in [0.29, 0.717) is 24.2 Å². The van der Waals surface area contributed by atoms with Crippen molar-refractivity contribution in [3.63, 3.8) is 0 Å². The Morgan fingerprint density at radius 2 is 1.68 bits per heavy atom. The van der Waals surface area contributed by atoms with Crippen molar-refractivity contribution in [2.24, 2.45) is 0 Å². The first kappa shape index (κ1) is 17.7. The summed E-state index contributed by atoms with van der Waals surface area (Å²) in [5.74, 6) is 0.713. The van der Waals surface area contributed by atoms with Crippen LogP contribution in [-0.4, -0.2) is 27.9 Å². The summed E-state index contributed by atoms with van der Waals surface area (Å²) in [6.45, 7) is 1.10. The quantitative estimate of drug-likeness (QED) is 0.520. The van der Waals surface area contributed by atoms with Crippen molar-refractivity contribution in [3.8, 4) is 5.75 Å². The monoisotopic (exact) mass is 372 g/mol. The second-order valence-corrected chi connectivity index (χ2v) is 6.45. The molecule has 3 aromatic carbocycles. The number of nitrogens with zero attached hydrogens (tertiary/aromatic N) is 2. The molecular weight excluding hydrogens is 352 g/mol. The number of fused-ring (bicyclic) bond motifs is 1. The molecule has 0 atom stereocenters. The fourth-order valence-corrected chi connectivity index (χ4v) is 2.90. The van der Waals surface area contributed by atoms with Crippen molar-refractivity contribution >= 4 is 16.9 Å². The Hall–Kier alpha value is -3.67. The van der Waals surface area contributed by atoms with Gasteiger partial charge in [-0.25, -0.2) is 0 Å². The van der Waals surface area contributed by atoms with Crippen LogP contribution in [0.5, 0.6) is 5.75 Å². The second-order valence-electron chi connectivity index (χ2n) is 6.45. The van der Waals surface area contributed by atoms with E-state index < -0.39 is 0 Å². The summed E-state index contributed by atoms with van der Waals surface area (Å²) in [5, 5.41) is 13.5. The second kappa shape index (κ2) is 8.35. The molecule has 0 spiro atoms. The number of amides is 1. The largest absolute Gasteiger partial charge is 0.489 e. The van der Waals surface area contributed by atoms with Crippen LogP contribution in [0.1, 0.15) is 21.5 Å². The molecule has 0 fully saturated rings. The van der Waals surface area contributed by atoms with E-state index in [-0.39, 0.29) is 5.91 Å². The van der Waals surface area contributed by atoms with Crippen molar-refractivity contribution in [1.82, 2.24) is 20.7 Å². The van der Waals surface area contributed by atoms with E-state index in [1.54, 1.807) is 18.2 Å². The van der Waals surface area contributed by atoms with Gasteiger partial charge in [-0.2, -0.15) is 15.4 Å². The summed E-state index contributed by atoms with van der Waals surface area (Å²) in [6, 6.07) is 23.3. The average molecular weight is 372 g/mol. The van der Waals surface area contributed by atoms with Crippen molar-refractivity contribution in [1.29, 1.82) is 0 Å². The van der Waals surface area contributed by atoms with Crippen LogP contribution in [-0.2, 0) is 13.0 Å². The number of hydrogen-bond donors (Lipinski definition) is 2. The predicted molar refractivity (Wildman–Crippen MR) is 107 cm³/mol. The van der Waals surface area contributed by atoms with E-state index in [1.807, 2.05) is 54.6 Å². The Kier molecular flexibility index (Phi) is 5.29. The molecular formula is C22H20N4O2. The molecule has 1 aromatic heterocycles. The van der Waals surface area contributed by atoms with E-state index in [9.17, 15) is 4.79 Å². The minimum Gasteiger partial charge on any atom is -0.489 e. The summed E-state index contributed by atoms with van der Waals surface area (Å²) in [6.07, 6.45) is 0.747. The van der Waals surface area contributed by atoms with Crippen molar-refractivity contribution in [3.05, 3.63) is 89.5 Å². The van der Waals surface area contributed by atoms with Gasteiger partial charge < -0.3 is 10.1 Å². The van der Waals surface area contributed by atoms with Gasteiger partial charge in [0.05, 0.1) is 0 Å². The van der Waals surface area contributed by atoms with Gasteiger partial charge in [0, 0.05) is 12.1 Å². The molecule has 6 nitrogen and oxygen atoms in total. The van der Waals surface area contributed by atoms with Crippen LogP contribution < -0.4 is 10.1 Å². The molecule has 2 N–H and O–H groups in total. The van der Waals surface area contributed by atoms with Gasteiger partial charge in [0.2, 0.25) is 0 Å². The number of ether oxygens (including phenoxy) is 1. The number of aromatic amines is 1. The molecule has 0 saturated heterocycles. The standard InChI is InChI=1S/C22H20N4O2/c27-22(18-8-11-20-21(14-18)25-26-24-20)23-13-12-16-6-9-19(10-7-16)28-15-17-4-2-1-3-5-17/h1-11,14H,12-13,15H2,(H,23,27)(H,24,25,26). The first-order valence-electron chi connectivity index (χ1n) is 9.12. The zero-order valence-electron chi connectivity index (χ0n) is 15.3. The number of benzene rings is 3. The lowest BCUT2D eigenvalue weighted by atomic mass is 10.1. The smallest absolute Gasteiger partial charge is 0.251 e. The highest BCUT2D eigenvalue weighted by Gasteiger charge is 2.07. The zero-order chi connectivity index (χ0) is 19.2. The molecule has 6 heteroatoms. The molecule has 1 amide bonds. The van der Waals surface area contributed by atoms with E-state index in [4.69, 9.17) is 4.74 Å². The molecule has 0 aliphatic heterocycles. The van der Waals surface area contributed by atoms with Gasteiger partial charge in [-0.3, -0.25) is 4.79 Å². The molecule has 0 bridgehead atoms. The molecule has 1 heterocycles. The number of H-pyrrole nitrogens is 1. The van der Waals surface area contributed by atoms with Crippen LogP contribution in [0.15, 0.2) is 72.8 Å². The molecule has 28 heavy (non-hydrogen) atoms. The topological polar surface area (TPSA) is 79.9 Å². The van der Waals surface area contributed by atoms with Crippen molar-refractivity contribution in [2.75, 3.05) is 6.54 Å². The van der Waals surface area contributed by atoms with Gasteiger partial charge in [-0.1, -0.05) is 42.5 Å². The normalized spacial score (nSPS) is 10.7. The fourth-order valence-electron chi connectivity index (χ4n) is 2.90. The molecule has 0 saturated carbocycles. The fraction of sp³-hybridized carbons (Fsp3) is 0.136. The predicted octanol–water partition coefficient (Wildman–Crippen LogP) is 3.51. The molecule has 4 rings (SSSR count). The van der Waals surface area contributed by atoms with Crippen LogP contribution >= 0.6 is 0 Å². The Morgan fingerprint density at radius 1 is 0.893 bits per heavy atom. The Balaban J connectivity index is 1.26. The van der Waals surface area contributed by atoms with E-state index in [2.05, 4.69) is 20.7 Å². The van der Waals surface area contributed by atoms with Gasteiger partial charge in [0.1, 0.15) is 23.4 Å². The van der Waals surface area contributed by atoms with E-state index in [0.717, 1.165) is 28.8 Å². The third-order valence-corrected chi connectivity index (χ3v) is 4.45. The molecule has 0 radical (unpaired) electrons. The van der Waals surface area contributed by atoms with Gasteiger partial charge in [0.25, 0.3) is 5.91 Å². The highest BCUT2D eigenvalue weighted by Crippen LogP contribution is 2.15.